The summed E-state index contributed by atoms with van der Waals surface area (Å²) in [5.74, 6) is -0.203. The van der Waals surface area contributed by atoms with Gasteiger partial charge in [0.15, 0.2) is 0 Å². The molecule has 22 heavy (non-hydrogen) atoms. The van der Waals surface area contributed by atoms with Crippen LogP contribution in [0, 0.1) is 22.2 Å². The first kappa shape index (κ1) is 16.1. The molecule has 116 valence electrons. The minimum atomic E-state index is -1.43. The van der Waals surface area contributed by atoms with Crippen LogP contribution >= 0.6 is 0 Å². The summed E-state index contributed by atoms with van der Waals surface area (Å²) in [7, 11) is 0. The molecule has 1 aromatic carbocycles. The zero-order valence-electron chi connectivity index (χ0n) is 12.4. The van der Waals surface area contributed by atoms with Crippen molar-refractivity contribution in [2.75, 3.05) is 19.6 Å². The molecule has 6 nitrogen and oxygen atoms in total. The second kappa shape index (κ2) is 8.25. The molecule has 1 N–H and O–H groups in total. The summed E-state index contributed by atoms with van der Waals surface area (Å²) < 4.78 is 0. The Morgan fingerprint density at radius 3 is 2.64 bits per heavy atom. The fourth-order valence-corrected chi connectivity index (χ4v) is 2.66. The number of piperidine rings is 1. The summed E-state index contributed by atoms with van der Waals surface area (Å²) in [4.78, 5) is 24.2. The lowest BCUT2D eigenvalue weighted by atomic mass is 9.96. The van der Waals surface area contributed by atoms with Gasteiger partial charge in [-0.15, -0.1) is 4.91 Å². The SMILES string of the molecule is N#CC(N=O)C(=O)NCC1CCN(Cc2ccccc2)CC1. The smallest absolute Gasteiger partial charge is 0.263 e. The van der Waals surface area contributed by atoms with E-state index < -0.39 is 11.9 Å². The molecule has 0 aromatic heterocycles. The van der Waals surface area contributed by atoms with E-state index in [1.807, 2.05) is 18.2 Å². The van der Waals surface area contributed by atoms with Crippen LogP contribution in [0.2, 0.25) is 0 Å². The number of hydrogen-bond donors (Lipinski definition) is 1. The van der Waals surface area contributed by atoms with Gasteiger partial charge in [0.2, 0.25) is 0 Å². The molecule has 0 saturated carbocycles. The Hall–Kier alpha value is -2.26. The van der Waals surface area contributed by atoms with E-state index in [1.165, 1.54) is 5.56 Å². The summed E-state index contributed by atoms with van der Waals surface area (Å²) in [6, 6.07) is 10.5. The van der Waals surface area contributed by atoms with Crippen molar-refractivity contribution in [2.24, 2.45) is 11.1 Å². The number of amides is 1. The van der Waals surface area contributed by atoms with Gasteiger partial charge in [0, 0.05) is 13.1 Å². The molecule has 2 rings (SSSR count). The van der Waals surface area contributed by atoms with Gasteiger partial charge >= 0.3 is 0 Å². The third kappa shape index (κ3) is 4.64. The number of carbonyl (C=O) groups is 1. The first-order valence-corrected chi connectivity index (χ1v) is 7.49. The highest BCUT2D eigenvalue weighted by atomic mass is 16.3. The average Bonchev–Trinajstić information content (AvgIpc) is 2.56. The normalized spacial score (nSPS) is 17.4. The van der Waals surface area contributed by atoms with Crippen LogP contribution in [0.4, 0.5) is 0 Å². The zero-order chi connectivity index (χ0) is 15.8. The van der Waals surface area contributed by atoms with Gasteiger partial charge in [-0.3, -0.25) is 9.69 Å². The molecular formula is C16H20N4O2. The lowest BCUT2D eigenvalue weighted by molar-refractivity contribution is -0.121. The lowest BCUT2D eigenvalue weighted by Gasteiger charge is -2.32. The highest BCUT2D eigenvalue weighted by Crippen LogP contribution is 2.18. The van der Waals surface area contributed by atoms with E-state index in [2.05, 4.69) is 27.5 Å². The summed E-state index contributed by atoms with van der Waals surface area (Å²) in [5, 5.41) is 13.7. The maximum atomic E-state index is 11.5. The van der Waals surface area contributed by atoms with Gasteiger partial charge in [-0.25, -0.2) is 0 Å². The van der Waals surface area contributed by atoms with Gasteiger partial charge in [0.1, 0.15) is 6.07 Å². The second-order valence-electron chi connectivity index (χ2n) is 5.59. The Kier molecular flexibility index (Phi) is 6.04. The molecule has 1 amide bonds. The predicted octanol–water partition coefficient (Wildman–Crippen LogP) is 1.67. The molecule has 1 aliphatic rings. The van der Waals surface area contributed by atoms with Crippen molar-refractivity contribution in [3.05, 3.63) is 40.8 Å². The number of rotatable bonds is 6. The van der Waals surface area contributed by atoms with E-state index in [-0.39, 0.29) is 0 Å². The van der Waals surface area contributed by atoms with Gasteiger partial charge in [-0.1, -0.05) is 30.3 Å². The number of hydrogen-bond acceptors (Lipinski definition) is 5. The standard InChI is InChI=1S/C16H20N4O2/c17-10-15(19-22)16(21)18-11-13-6-8-20(9-7-13)12-14-4-2-1-3-5-14/h1-5,13,15H,6-9,11-12H2,(H,18,21). The number of nitroso groups, excluding NO2 is 1. The Bertz CT molecular complexity index is 533. The monoisotopic (exact) mass is 300 g/mol. The molecule has 0 bridgehead atoms. The molecular weight excluding hydrogens is 280 g/mol. The van der Waals surface area contributed by atoms with Crippen molar-refractivity contribution in [3.63, 3.8) is 0 Å². The van der Waals surface area contributed by atoms with Crippen LogP contribution in [-0.2, 0) is 11.3 Å². The van der Waals surface area contributed by atoms with Crippen LogP contribution in [0.25, 0.3) is 0 Å². The van der Waals surface area contributed by atoms with Crippen molar-refractivity contribution >= 4 is 5.91 Å². The van der Waals surface area contributed by atoms with Crippen LogP contribution < -0.4 is 5.32 Å². The molecule has 1 aliphatic heterocycles. The number of nitrogens with zero attached hydrogens (tertiary/aromatic N) is 3. The predicted molar refractivity (Wildman–Crippen MR) is 82.6 cm³/mol. The summed E-state index contributed by atoms with van der Waals surface area (Å²) in [6.45, 7) is 3.43. The highest BCUT2D eigenvalue weighted by molar-refractivity contribution is 5.84. The van der Waals surface area contributed by atoms with E-state index in [0.717, 1.165) is 32.5 Å². The van der Waals surface area contributed by atoms with E-state index in [9.17, 15) is 9.70 Å². The number of nitrogens with one attached hydrogen (secondary N) is 1. The Morgan fingerprint density at radius 1 is 1.36 bits per heavy atom. The first-order chi connectivity index (χ1) is 10.7. The molecule has 0 spiro atoms. The maximum absolute atomic E-state index is 11.5. The van der Waals surface area contributed by atoms with Gasteiger partial charge in [0.25, 0.3) is 11.9 Å². The topological polar surface area (TPSA) is 85.6 Å². The van der Waals surface area contributed by atoms with Crippen LogP contribution in [0.5, 0.6) is 0 Å². The second-order valence-corrected chi connectivity index (χ2v) is 5.59. The molecule has 1 heterocycles. The van der Waals surface area contributed by atoms with Gasteiger partial charge in [0.05, 0.1) is 0 Å². The molecule has 1 aromatic rings. The number of nitriles is 1. The minimum absolute atomic E-state index is 0.391. The summed E-state index contributed by atoms with van der Waals surface area (Å²) in [6.07, 6.45) is 2.00. The lowest BCUT2D eigenvalue weighted by Crippen LogP contribution is -2.40. The molecule has 1 atom stereocenters. The molecule has 0 radical (unpaired) electrons. The fourth-order valence-electron chi connectivity index (χ4n) is 2.66. The molecule has 1 unspecified atom stereocenters. The van der Waals surface area contributed by atoms with E-state index >= 15 is 0 Å². The number of carbonyl (C=O) groups excluding carboxylic acids is 1. The average molecular weight is 300 g/mol. The van der Waals surface area contributed by atoms with Gasteiger partial charge in [-0.2, -0.15) is 5.26 Å². The zero-order valence-corrected chi connectivity index (χ0v) is 12.4. The van der Waals surface area contributed by atoms with Crippen molar-refractivity contribution in [1.82, 2.24) is 10.2 Å². The van der Waals surface area contributed by atoms with Crippen LogP contribution in [0.15, 0.2) is 35.5 Å². The van der Waals surface area contributed by atoms with Crippen molar-refractivity contribution < 1.29 is 4.79 Å². The fraction of sp³-hybridized carbons (Fsp3) is 0.500. The van der Waals surface area contributed by atoms with Crippen molar-refractivity contribution in [2.45, 2.75) is 25.4 Å². The molecule has 1 saturated heterocycles. The van der Waals surface area contributed by atoms with Crippen LogP contribution in [0.1, 0.15) is 18.4 Å². The quantitative estimate of drug-likeness (QED) is 0.810. The number of benzene rings is 1. The van der Waals surface area contributed by atoms with Crippen molar-refractivity contribution in [3.8, 4) is 6.07 Å². The Labute approximate surface area is 130 Å². The highest BCUT2D eigenvalue weighted by Gasteiger charge is 2.22. The van der Waals surface area contributed by atoms with Gasteiger partial charge < -0.3 is 5.32 Å². The molecule has 1 fully saturated rings. The van der Waals surface area contributed by atoms with Crippen LogP contribution in [0.3, 0.4) is 0 Å². The first-order valence-electron chi connectivity index (χ1n) is 7.49. The van der Waals surface area contributed by atoms with E-state index in [0.29, 0.717) is 12.5 Å². The third-order valence-corrected chi connectivity index (χ3v) is 4.00. The van der Waals surface area contributed by atoms with Crippen LogP contribution in [-0.4, -0.2) is 36.5 Å². The summed E-state index contributed by atoms with van der Waals surface area (Å²) >= 11 is 0. The Balaban J connectivity index is 1.70. The Morgan fingerprint density at radius 2 is 2.05 bits per heavy atom. The van der Waals surface area contributed by atoms with E-state index in [1.54, 1.807) is 6.07 Å². The van der Waals surface area contributed by atoms with E-state index in [4.69, 9.17) is 5.26 Å². The van der Waals surface area contributed by atoms with Gasteiger partial charge in [-0.05, 0) is 42.6 Å². The molecule has 0 aliphatic carbocycles. The largest absolute Gasteiger partial charge is 0.353 e. The molecule has 6 heteroatoms. The summed E-state index contributed by atoms with van der Waals surface area (Å²) in [5.41, 5.74) is 1.31. The number of likely N-dealkylation sites (tertiary alicyclic amines) is 1. The van der Waals surface area contributed by atoms with Crippen molar-refractivity contribution in [1.29, 1.82) is 5.26 Å². The third-order valence-electron chi connectivity index (χ3n) is 4.00. The minimum Gasteiger partial charge on any atom is -0.353 e. The maximum Gasteiger partial charge on any atom is 0.263 e.